The van der Waals surface area contributed by atoms with Gasteiger partial charge in [-0.15, -0.1) is 0 Å². The number of carbonyl (C=O) groups is 2. The van der Waals surface area contributed by atoms with Crippen LogP contribution in [0.4, 0.5) is 4.79 Å². The van der Waals surface area contributed by atoms with Crippen molar-refractivity contribution < 1.29 is 14.3 Å². The van der Waals surface area contributed by atoms with E-state index in [1.54, 1.807) is 4.90 Å². The first-order valence-corrected chi connectivity index (χ1v) is 8.10. The van der Waals surface area contributed by atoms with Crippen molar-refractivity contribution in [1.82, 2.24) is 4.90 Å². The summed E-state index contributed by atoms with van der Waals surface area (Å²) in [4.78, 5) is 25.0. The maximum absolute atomic E-state index is 12.2. The molecule has 0 saturated carbocycles. The van der Waals surface area contributed by atoms with Crippen LogP contribution in [0.3, 0.4) is 0 Å². The highest BCUT2D eigenvalue weighted by Crippen LogP contribution is 2.44. The SMILES string of the molecule is CC(C)(C)OC(=O)N1CCC2(C=Cc3ccc(C=O)cc32)CC1. The third-order valence-electron chi connectivity index (χ3n) is 4.64. The summed E-state index contributed by atoms with van der Waals surface area (Å²) in [5.74, 6) is 0. The topological polar surface area (TPSA) is 46.6 Å². The van der Waals surface area contributed by atoms with E-state index < -0.39 is 5.60 Å². The summed E-state index contributed by atoms with van der Waals surface area (Å²) in [6.45, 7) is 6.99. The molecule has 1 saturated heterocycles. The Hall–Kier alpha value is -2.10. The standard InChI is InChI=1S/C19H23NO3/c1-18(2,3)23-17(22)20-10-8-19(9-11-20)7-6-15-5-4-14(13-21)12-16(15)19/h4-7,12-13H,8-11H2,1-3H3. The number of hydrogen-bond donors (Lipinski definition) is 0. The summed E-state index contributed by atoms with van der Waals surface area (Å²) in [7, 11) is 0. The first-order valence-electron chi connectivity index (χ1n) is 8.10. The molecule has 0 radical (unpaired) electrons. The minimum atomic E-state index is -0.467. The molecule has 0 aromatic heterocycles. The predicted octanol–water partition coefficient (Wildman–Crippen LogP) is 3.79. The second kappa shape index (κ2) is 5.52. The first kappa shape index (κ1) is 15.8. The zero-order valence-corrected chi connectivity index (χ0v) is 14.0. The zero-order chi connectivity index (χ0) is 16.7. The highest BCUT2D eigenvalue weighted by Gasteiger charge is 2.39. The largest absolute Gasteiger partial charge is 0.444 e. The lowest BCUT2D eigenvalue weighted by atomic mass is 9.74. The van der Waals surface area contributed by atoms with Gasteiger partial charge in [-0.05, 0) is 50.8 Å². The van der Waals surface area contributed by atoms with Crippen molar-refractivity contribution in [3.05, 3.63) is 41.0 Å². The maximum Gasteiger partial charge on any atom is 0.410 e. The Bertz CT molecular complexity index is 662. The van der Waals surface area contributed by atoms with Gasteiger partial charge in [-0.2, -0.15) is 0 Å². The lowest BCUT2D eigenvalue weighted by Gasteiger charge is -2.39. The lowest BCUT2D eigenvalue weighted by Crippen LogP contribution is -2.45. The molecule has 1 aromatic carbocycles. The molecule has 1 spiro atoms. The van der Waals surface area contributed by atoms with Crippen LogP contribution in [0, 0.1) is 0 Å². The summed E-state index contributed by atoms with van der Waals surface area (Å²) < 4.78 is 5.46. The van der Waals surface area contributed by atoms with Crippen LogP contribution in [0.2, 0.25) is 0 Å². The Morgan fingerprint density at radius 3 is 2.57 bits per heavy atom. The van der Waals surface area contributed by atoms with Crippen molar-refractivity contribution in [1.29, 1.82) is 0 Å². The van der Waals surface area contributed by atoms with Crippen LogP contribution in [-0.2, 0) is 10.2 Å². The maximum atomic E-state index is 12.2. The third kappa shape index (κ3) is 3.03. The molecule has 0 atom stereocenters. The Morgan fingerprint density at radius 2 is 1.96 bits per heavy atom. The number of carbonyl (C=O) groups excluding carboxylic acids is 2. The van der Waals surface area contributed by atoms with Gasteiger partial charge in [0.05, 0.1) is 0 Å². The van der Waals surface area contributed by atoms with E-state index in [-0.39, 0.29) is 11.5 Å². The fraction of sp³-hybridized carbons (Fsp3) is 0.474. The van der Waals surface area contributed by atoms with Gasteiger partial charge < -0.3 is 9.64 Å². The Labute approximate surface area is 137 Å². The molecule has 1 amide bonds. The van der Waals surface area contributed by atoms with Gasteiger partial charge in [0.2, 0.25) is 0 Å². The fourth-order valence-electron chi connectivity index (χ4n) is 3.41. The summed E-state index contributed by atoms with van der Waals surface area (Å²) in [6.07, 6.45) is 6.74. The van der Waals surface area contributed by atoms with E-state index in [4.69, 9.17) is 4.74 Å². The highest BCUT2D eigenvalue weighted by atomic mass is 16.6. The van der Waals surface area contributed by atoms with Gasteiger partial charge in [-0.25, -0.2) is 4.79 Å². The average molecular weight is 313 g/mol. The molecular formula is C19H23NO3. The van der Waals surface area contributed by atoms with Crippen molar-refractivity contribution in [2.45, 2.75) is 44.6 Å². The van der Waals surface area contributed by atoms with E-state index in [1.807, 2.05) is 39.0 Å². The average Bonchev–Trinajstić information content (AvgIpc) is 2.84. The normalized spacial score (nSPS) is 18.8. The quantitative estimate of drug-likeness (QED) is 0.741. The number of ether oxygens (including phenoxy) is 1. The number of nitrogens with zero attached hydrogens (tertiary/aromatic N) is 1. The van der Waals surface area contributed by atoms with Gasteiger partial charge >= 0.3 is 6.09 Å². The third-order valence-corrected chi connectivity index (χ3v) is 4.64. The monoisotopic (exact) mass is 313 g/mol. The molecule has 1 fully saturated rings. The van der Waals surface area contributed by atoms with Crippen molar-refractivity contribution in [2.24, 2.45) is 0 Å². The number of likely N-dealkylation sites (tertiary alicyclic amines) is 1. The second-order valence-corrected chi connectivity index (χ2v) is 7.42. The van der Waals surface area contributed by atoms with Crippen LogP contribution < -0.4 is 0 Å². The number of rotatable bonds is 1. The van der Waals surface area contributed by atoms with Crippen LogP contribution in [0.25, 0.3) is 6.08 Å². The van der Waals surface area contributed by atoms with Crippen LogP contribution in [0.15, 0.2) is 24.3 Å². The fourth-order valence-corrected chi connectivity index (χ4v) is 3.41. The van der Waals surface area contributed by atoms with Crippen molar-refractivity contribution in [2.75, 3.05) is 13.1 Å². The van der Waals surface area contributed by atoms with Gasteiger partial charge in [0, 0.05) is 24.1 Å². The van der Waals surface area contributed by atoms with Gasteiger partial charge in [0.1, 0.15) is 11.9 Å². The summed E-state index contributed by atoms with van der Waals surface area (Å²) in [6, 6.07) is 5.85. The molecule has 1 heterocycles. The number of aldehydes is 1. The summed E-state index contributed by atoms with van der Waals surface area (Å²) in [5.41, 5.74) is 2.59. The van der Waals surface area contributed by atoms with E-state index >= 15 is 0 Å². The van der Waals surface area contributed by atoms with E-state index in [9.17, 15) is 9.59 Å². The summed E-state index contributed by atoms with van der Waals surface area (Å²) in [5, 5.41) is 0. The number of benzene rings is 1. The minimum absolute atomic E-state index is 0.0487. The van der Waals surface area contributed by atoms with E-state index in [0.29, 0.717) is 18.7 Å². The molecule has 4 nitrogen and oxygen atoms in total. The van der Waals surface area contributed by atoms with Crippen molar-refractivity contribution in [3.8, 4) is 0 Å². The van der Waals surface area contributed by atoms with Crippen molar-refractivity contribution in [3.63, 3.8) is 0 Å². The molecule has 3 rings (SSSR count). The predicted molar refractivity (Wildman–Crippen MR) is 89.6 cm³/mol. The summed E-state index contributed by atoms with van der Waals surface area (Å²) >= 11 is 0. The number of allylic oxidation sites excluding steroid dienone is 1. The second-order valence-electron chi connectivity index (χ2n) is 7.42. The Morgan fingerprint density at radius 1 is 1.26 bits per heavy atom. The van der Waals surface area contributed by atoms with Crippen LogP contribution in [-0.4, -0.2) is 36.0 Å². The lowest BCUT2D eigenvalue weighted by molar-refractivity contribution is 0.0184. The van der Waals surface area contributed by atoms with Crippen LogP contribution in [0.5, 0.6) is 0 Å². The molecule has 1 aliphatic heterocycles. The number of hydrogen-bond acceptors (Lipinski definition) is 3. The Balaban J connectivity index is 1.74. The minimum Gasteiger partial charge on any atom is -0.444 e. The van der Waals surface area contributed by atoms with Crippen LogP contribution >= 0.6 is 0 Å². The van der Waals surface area contributed by atoms with E-state index in [1.165, 1.54) is 11.1 Å². The van der Waals surface area contributed by atoms with Crippen molar-refractivity contribution >= 4 is 18.5 Å². The molecule has 4 heteroatoms. The number of fused-ring (bicyclic) bond motifs is 2. The van der Waals surface area contributed by atoms with Gasteiger partial charge in [0.15, 0.2) is 0 Å². The van der Waals surface area contributed by atoms with E-state index in [0.717, 1.165) is 19.1 Å². The Kier molecular flexibility index (Phi) is 3.78. The molecule has 0 unspecified atom stereocenters. The molecule has 1 aromatic rings. The van der Waals surface area contributed by atoms with E-state index in [2.05, 4.69) is 12.2 Å². The zero-order valence-electron chi connectivity index (χ0n) is 14.0. The molecule has 0 N–H and O–H groups in total. The van der Waals surface area contributed by atoms with Gasteiger partial charge in [-0.1, -0.05) is 24.3 Å². The molecule has 23 heavy (non-hydrogen) atoms. The molecule has 1 aliphatic carbocycles. The number of piperidine rings is 1. The number of amides is 1. The molecular weight excluding hydrogens is 290 g/mol. The smallest absolute Gasteiger partial charge is 0.410 e. The molecule has 0 bridgehead atoms. The van der Waals surface area contributed by atoms with Gasteiger partial charge in [0.25, 0.3) is 0 Å². The van der Waals surface area contributed by atoms with Crippen LogP contribution in [0.1, 0.15) is 55.1 Å². The first-order chi connectivity index (χ1) is 10.8. The highest BCUT2D eigenvalue weighted by molar-refractivity contribution is 5.78. The van der Waals surface area contributed by atoms with Gasteiger partial charge in [-0.3, -0.25) is 4.79 Å². The molecule has 122 valence electrons. The molecule has 2 aliphatic rings.